The maximum atomic E-state index is 13.2. The number of carbonyl (C=O) groups excluding carboxylic acids is 1. The molecule has 1 heterocycles. The van der Waals surface area contributed by atoms with Crippen molar-refractivity contribution in [3.8, 4) is 5.75 Å². The average Bonchev–Trinajstić information content (AvgIpc) is 2.70. The van der Waals surface area contributed by atoms with E-state index in [2.05, 4.69) is 4.99 Å². The largest absolute Gasteiger partial charge is 0.503 e. The van der Waals surface area contributed by atoms with Gasteiger partial charge in [-0.05, 0) is 29.8 Å². The number of carbonyl (C=O) groups is 2. The summed E-state index contributed by atoms with van der Waals surface area (Å²) in [5.41, 5.74) is -0.117. The van der Waals surface area contributed by atoms with Gasteiger partial charge in [-0.3, -0.25) is 9.69 Å². The smallest absolute Gasteiger partial charge is 0.328 e. The van der Waals surface area contributed by atoms with Crippen LogP contribution in [0.25, 0.3) is 6.08 Å². The van der Waals surface area contributed by atoms with Crippen LogP contribution in [-0.4, -0.2) is 39.9 Å². The summed E-state index contributed by atoms with van der Waals surface area (Å²) >= 11 is 0. The van der Waals surface area contributed by atoms with E-state index < -0.39 is 29.3 Å². The molecule has 1 amide bonds. The first-order chi connectivity index (χ1) is 10.3. The van der Waals surface area contributed by atoms with Crippen LogP contribution in [-0.2, 0) is 9.59 Å². The molecule has 0 bridgehead atoms. The van der Waals surface area contributed by atoms with Gasteiger partial charge in [-0.15, -0.1) is 0 Å². The summed E-state index contributed by atoms with van der Waals surface area (Å²) in [6.07, 6.45) is 3.07. The molecule has 0 fully saturated rings. The number of amidine groups is 1. The second-order valence-electron chi connectivity index (χ2n) is 4.37. The Hall–Kier alpha value is -3.03. The van der Waals surface area contributed by atoms with E-state index >= 15 is 0 Å². The number of likely N-dealkylation sites (N-methyl/N-ethyl adjacent to an activating group) is 1. The molecule has 6 nitrogen and oxygen atoms in total. The van der Waals surface area contributed by atoms with Gasteiger partial charge in [-0.25, -0.2) is 18.6 Å². The van der Waals surface area contributed by atoms with Crippen LogP contribution < -0.4 is 0 Å². The van der Waals surface area contributed by atoms with Crippen LogP contribution in [0.2, 0.25) is 0 Å². The van der Waals surface area contributed by atoms with Crippen LogP contribution in [0.4, 0.5) is 8.78 Å². The lowest BCUT2D eigenvalue weighted by Crippen LogP contribution is -2.26. The molecule has 22 heavy (non-hydrogen) atoms. The maximum absolute atomic E-state index is 13.2. The van der Waals surface area contributed by atoms with Gasteiger partial charge in [0.1, 0.15) is 11.5 Å². The van der Waals surface area contributed by atoms with Crippen LogP contribution in [0.1, 0.15) is 5.56 Å². The lowest BCUT2D eigenvalue weighted by atomic mass is 10.1. The highest BCUT2D eigenvalue weighted by molar-refractivity contribution is 6.18. The number of aromatic hydroxyl groups is 1. The Labute approximate surface area is 123 Å². The van der Waals surface area contributed by atoms with E-state index in [1.54, 1.807) is 0 Å². The molecular weight excluding hydrogens is 298 g/mol. The fourth-order valence-corrected chi connectivity index (χ4v) is 1.74. The monoisotopic (exact) mass is 308 g/mol. The third-order valence-corrected chi connectivity index (χ3v) is 2.82. The number of halogens is 2. The van der Waals surface area contributed by atoms with Crippen molar-refractivity contribution < 1.29 is 28.6 Å². The van der Waals surface area contributed by atoms with E-state index in [1.807, 2.05) is 0 Å². The van der Waals surface area contributed by atoms with Crippen LogP contribution in [0, 0.1) is 11.6 Å². The molecule has 0 radical (unpaired) electrons. The van der Waals surface area contributed by atoms with Crippen molar-refractivity contribution >= 4 is 23.8 Å². The third kappa shape index (κ3) is 3.00. The van der Waals surface area contributed by atoms with Gasteiger partial charge in [0.2, 0.25) is 0 Å². The number of carboxylic acids is 1. The minimum Gasteiger partial charge on any atom is -0.503 e. The Bertz CT molecular complexity index is 730. The molecule has 0 spiro atoms. The van der Waals surface area contributed by atoms with Crippen molar-refractivity contribution in [1.82, 2.24) is 4.90 Å². The molecule has 0 unspecified atom stereocenters. The minimum atomic E-state index is -1.20. The number of hydrogen-bond acceptors (Lipinski definition) is 4. The third-order valence-electron chi connectivity index (χ3n) is 2.82. The van der Waals surface area contributed by atoms with Crippen molar-refractivity contribution in [1.29, 1.82) is 0 Å². The van der Waals surface area contributed by atoms with Crippen LogP contribution in [0.15, 0.2) is 35.0 Å². The summed E-state index contributed by atoms with van der Waals surface area (Å²) in [6, 6.07) is 1.69. The van der Waals surface area contributed by atoms with Gasteiger partial charge >= 0.3 is 5.97 Å². The standard InChI is InChI=1S/C14H10F2N2O4/c1-18-11(2-3-12(19)20)17-10(14(18)22)6-7-4-8(15)13(21)9(16)5-7/h2-6,21H,1H3,(H,19,20). The predicted octanol–water partition coefficient (Wildman–Crippen LogP) is 1.52. The Kier molecular flexibility index (Phi) is 4.02. The van der Waals surface area contributed by atoms with Gasteiger partial charge in [0.05, 0.1) is 0 Å². The zero-order chi connectivity index (χ0) is 16.4. The molecule has 0 saturated heterocycles. The first-order valence-electron chi connectivity index (χ1n) is 5.97. The zero-order valence-corrected chi connectivity index (χ0v) is 11.2. The fourth-order valence-electron chi connectivity index (χ4n) is 1.74. The molecular formula is C14H10F2N2O4. The molecule has 8 heteroatoms. The van der Waals surface area contributed by atoms with Crippen molar-refractivity contribution in [3.63, 3.8) is 0 Å². The number of aliphatic imine (C=N–C) groups is 1. The summed E-state index contributed by atoms with van der Waals surface area (Å²) in [4.78, 5) is 27.4. The SMILES string of the molecule is CN1C(=O)C(=Cc2cc(F)c(O)c(F)c2)N=C1C=CC(=O)O. The number of amides is 1. The van der Waals surface area contributed by atoms with Gasteiger partial charge in [0.15, 0.2) is 17.4 Å². The Morgan fingerprint density at radius 3 is 2.45 bits per heavy atom. The van der Waals surface area contributed by atoms with E-state index in [4.69, 9.17) is 10.2 Å². The van der Waals surface area contributed by atoms with Crippen LogP contribution in [0.5, 0.6) is 5.75 Å². The number of phenolic OH excluding ortho intramolecular Hbond substituents is 1. The topological polar surface area (TPSA) is 90.2 Å². The number of carboxylic acid groups (broad SMARTS) is 1. The van der Waals surface area contributed by atoms with Gasteiger partial charge in [0, 0.05) is 13.1 Å². The fraction of sp³-hybridized carbons (Fsp3) is 0.0714. The average molecular weight is 308 g/mol. The van der Waals surface area contributed by atoms with E-state index in [0.717, 1.165) is 35.3 Å². The van der Waals surface area contributed by atoms with Gasteiger partial charge in [0.25, 0.3) is 5.91 Å². The number of nitrogens with zero attached hydrogens (tertiary/aromatic N) is 2. The van der Waals surface area contributed by atoms with Gasteiger partial charge in [-0.1, -0.05) is 0 Å². The van der Waals surface area contributed by atoms with E-state index in [0.29, 0.717) is 0 Å². The maximum Gasteiger partial charge on any atom is 0.328 e. The Morgan fingerprint density at radius 1 is 1.32 bits per heavy atom. The highest BCUT2D eigenvalue weighted by atomic mass is 19.1. The number of rotatable bonds is 3. The molecule has 2 N–H and O–H groups in total. The molecule has 1 aromatic rings. The molecule has 1 aromatic carbocycles. The summed E-state index contributed by atoms with van der Waals surface area (Å²) in [5.74, 6) is -5.12. The molecule has 2 rings (SSSR count). The van der Waals surface area contributed by atoms with Crippen molar-refractivity contribution in [3.05, 3.63) is 47.2 Å². The van der Waals surface area contributed by atoms with Crippen molar-refractivity contribution in [2.24, 2.45) is 4.99 Å². The van der Waals surface area contributed by atoms with E-state index in [1.165, 1.54) is 7.05 Å². The molecule has 0 saturated carbocycles. The molecule has 0 aromatic heterocycles. The summed E-state index contributed by atoms with van der Waals surface area (Å²) in [7, 11) is 1.38. The summed E-state index contributed by atoms with van der Waals surface area (Å²) < 4.78 is 26.5. The highest BCUT2D eigenvalue weighted by Crippen LogP contribution is 2.24. The molecule has 1 aliphatic rings. The second kappa shape index (κ2) is 5.76. The molecule has 114 valence electrons. The van der Waals surface area contributed by atoms with E-state index in [-0.39, 0.29) is 17.1 Å². The molecule has 1 aliphatic heterocycles. The molecule has 0 aliphatic carbocycles. The quantitative estimate of drug-likeness (QED) is 0.828. The lowest BCUT2D eigenvalue weighted by Gasteiger charge is -2.07. The minimum absolute atomic E-state index is 0.00300. The Morgan fingerprint density at radius 2 is 1.91 bits per heavy atom. The van der Waals surface area contributed by atoms with E-state index in [9.17, 15) is 18.4 Å². The highest BCUT2D eigenvalue weighted by Gasteiger charge is 2.25. The summed E-state index contributed by atoms with van der Waals surface area (Å²) in [6.45, 7) is 0. The number of phenols is 1. The first-order valence-corrected chi connectivity index (χ1v) is 5.97. The number of hydrogen-bond donors (Lipinski definition) is 2. The number of benzene rings is 1. The van der Waals surface area contributed by atoms with Crippen LogP contribution in [0.3, 0.4) is 0 Å². The first kappa shape index (κ1) is 15.4. The second-order valence-corrected chi connectivity index (χ2v) is 4.37. The molecule has 0 atom stereocenters. The van der Waals surface area contributed by atoms with Gasteiger partial charge < -0.3 is 10.2 Å². The van der Waals surface area contributed by atoms with Crippen molar-refractivity contribution in [2.75, 3.05) is 7.05 Å². The zero-order valence-electron chi connectivity index (χ0n) is 11.2. The predicted molar refractivity (Wildman–Crippen MR) is 73.0 cm³/mol. The Balaban J connectivity index is 2.39. The number of aliphatic carboxylic acids is 1. The lowest BCUT2D eigenvalue weighted by molar-refractivity contribution is -0.131. The normalized spacial score (nSPS) is 16.7. The van der Waals surface area contributed by atoms with Gasteiger partial charge in [-0.2, -0.15) is 0 Å². The summed E-state index contributed by atoms with van der Waals surface area (Å²) in [5, 5.41) is 17.6. The van der Waals surface area contributed by atoms with Crippen LogP contribution >= 0.6 is 0 Å². The van der Waals surface area contributed by atoms with Crippen molar-refractivity contribution in [2.45, 2.75) is 0 Å².